The number of aromatic hydroxyl groups is 1. The lowest BCUT2D eigenvalue weighted by molar-refractivity contribution is 0.112. The second kappa shape index (κ2) is 5.77. The Labute approximate surface area is 122 Å². The van der Waals surface area contributed by atoms with E-state index < -0.39 is 0 Å². The number of aryl methyl sites for hydroxylation is 1. The predicted octanol–water partition coefficient (Wildman–Crippen LogP) is 4.28. The minimum Gasteiger partial charge on any atom is -0.508 e. The Morgan fingerprint density at radius 3 is 2.60 bits per heavy atom. The van der Waals surface area contributed by atoms with Gasteiger partial charge in [-0.15, -0.1) is 0 Å². The maximum absolute atomic E-state index is 9.81. The molecule has 1 saturated carbocycles. The average Bonchev–Trinajstić information content (AvgIpc) is 2.46. The first-order valence-electron chi connectivity index (χ1n) is 8.19. The van der Waals surface area contributed by atoms with Crippen LogP contribution in [0.4, 0.5) is 0 Å². The second-order valence-electron chi connectivity index (χ2n) is 6.87. The SMILES string of the molecule is CC1CCC(N(C)C2CCCc3ccc(O)cc32)CC1. The van der Waals surface area contributed by atoms with Crippen molar-refractivity contribution in [2.45, 2.75) is 64.0 Å². The standard InChI is InChI=1S/C18H27NO/c1-13-6-9-15(10-7-13)19(2)18-5-3-4-14-8-11-16(20)12-17(14)18/h8,11-13,15,18,20H,3-7,9-10H2,1-2H3. The molecule has 2 heteroatoms. The Kier molecular flexibility index (Phi) is 4.02. The Hall–Kier alpha value is -1.02. The van der Waals surface area contributed by atoms with Crippen LogP contribution in [-0.4, -0.2) is 23.1 Å². The molecule has 20 heavy (non-hydrogen) atoms. The lowest BCUT2D eigenvalue weighted by Gasteiger charge is -2.41. The molecule has 1 atom stereocenters. The molecule has 0 heterocycles. The molecule has 1 fully saturated rings. The number of fused-ring (bicyclic) bond motifs is 1. The maximum Gasteiger partial charge on any atom is 0.115 e. The molecule has 1 unspecified atom stereocenters. The normalized spacial score (nSPS) is 30.2. The number of benzene rings is 1. The van der Waals surface area contributed by atoms with E-state index in [2.05, 4.69) is 24.9 Å². The van der Waals surface area contributed by atoms with Crippen LogP contribution >= 0.6 is 0 Å². The van der Waals surface area contributed by atoms with E-state index in [0.29, 0.717) is 11.8 Å². The van der Waals surface area contributed by atoms with Crippen LogP contribution in [0, 0.1) is 5.92 Å². The first-order chi connectivity index (χ1) is 9.65. The maximum atomic E-state index is 9.81. The highest BCUT2D eigenvalue weighted by molar-refractivity contribution is 5.38. The van der Waals surface area contributed by atoms with Gasteiger partial charge in [0.2, 0.25) is 0 Å². The van der Waals surface area contributed by atoms with Crippen molar-refractivity contribution in [3.8, 4) is 5.75 Å². The third-order valence-electron chi connectivity index (χ3n) is 5.47. The number of hydrogen-bond acceptors (Lipinski definition) is 2. The number of phenols is 1. The van der Waals surface area contributed by atoms with E-state index >= 15 is 0 Å². The van der Waals surface area contributed by atoms with Crippen molar-refractivity contribution in [3.05, 3.63) is 29.3 Å². The van der Waals surface area contributed by atoms with Crippen LogP contribution in [0.2, 0.25) is 0 Å². The van der Waals surface area contributed by atoms with Crippen molar-refractivity contribution >= 4 is 0 Å². The van der Waals surface area contributed by atoms with Gasteiger partial charge in [-0.05, 0) is 81.2 Å². The summed E-state index contributed by atoms with van der Waals surface area (Å²) in [6.07, 6.45) is 9.09. The van der Waals surface area contributed by atoms with Crippen LogP contribution in [0.3, 0.4) is 0 Å². The zero-order valence-electron chi connectivity index (χ0n) is 12.8. The molecule has 2 aliphatic carbocycles. The molecule has 0 aromatic heterocycles. The van der Waals surface area contributed by atoms with E-state index in [9.17, 15) is 5.11 Å². The smallest absolute Gasteiger partial charge is 0.115 e. The quantitative estimate of drug-likeness (QED) is 0.869. The minimum atomic E-state index is 0.418. The van der Waals surface area contributed by atoms with Gasteiger partial charge in [0.25, 0.3) is 0 Å². The number of rotatable bonds is 2. The van der Waals surface area contributed by atoms with Crippen LogP contribution < -0.4 is 0 Å². The molecule has 0 saturated heterocycles. The van der Waals surface area contributed by atoms with Crippen molar-refractivity contribution in [2.24, 2.45) is 5.92 Å². The minimum absolute atomic E-state index is 0.418. The molecule has 1 aromatic rings. The van der Waals surface area contributed by atoms with Gasteiger partial charge in [0.15, 0.2) is 0 Å². The molecule has 2 nitrogen and oxygen atoms in total. The largest absolute Gasteiger partial charge is 0.508 e. The Morgan fingerprint density at radius 1 is 1.10 bits per heavy atom. The summed E-state index contributed by atoms with van der Waals surface area (Å²) in [7, 11) is 2.30. The average molecular weight is 273 g/mol. The van der Waals surface area contributed by atoms with Crippen molar-refractivity contribution in [1.82, 2.24) is 4.90 Å². The third kappa shape index (κ3) is 2.71. The molecule has 0 spiro atoms. The van der Waals surface area contributed by atoms with Gasteiger partial charge in [0, 0.05) is 12.1 Å². The Bertz CT molecular complexity index is 462. The fourth-order valence-corrected chi connectivity index (χ4v) is 4.09. The van der Waals surface area contributed by atoms with Gasteiger partial charge in [0.1, 0.15) is 5.75 Å². The zero-order valence-corrected chi connectivity index (χ0v) is 12.8. The monoisotopic (exact) mass is 273 g/mol. The molecular weight excluding hydrogens is 246 g/mol. The van der Waals surface area contributed by atoms with Crippen molar-refractivity contribution < 1.29 is 5.11 Å². The second-order valence-corrected chi connectivity index (χ2v) is 6.87. The van der Waals surface area contributed by atoms with E-state index in [1.165, 1.54) is 56.1 Å². The van der Waals surface area contributed by atoms with Gasteiger partial charge in [-0.2, -0.15) is 0 Å². The Balaban J connectivity index is 1.79. The van der Waals surface area contributed by atoms with Crippen LogP contribution in [0.5, 0.6) is 5.75 Å². The lowest BCUT2D eigenvalue weighted by atomic mass is 9.82. The molecule has 110 valence electrons. The fourth-order valence-electron chi connectivity index (χ4n) is 4.09. The summed E-state index contributed by atoms with van der Waals surface area (Å²) in [6.45, 7) is 2.38. The molecule has 0 bridgehead atoms. The van der Waals surface area contributed by atoms with E-state index in [-0.39, 0.29) is 0 Å². The highest BCUT2D eigenvalue weighted by Crippen LogP contribution is 2.39. The van der Waals surface area contributed by atoms with E-state index in [1.54, 1.807) is 0 Å². The molecule has 3 rings (SSSR count). The summed E-state index contributed by atoms with van der Waals surface area (Å²) in [6, 6.07) is 7.19. The van der Waals surface area contributed by atoms with Gasteiger partial charge < -0.3 is 5.11 Å². The lowest BCUT2D eigenvalue weighted by Crippen LogP contribution is -2.38. The van der Waals surface area contributed by atoms with Gasteiger partial charge in [-0.25, -0.2) is 0 Å². The molecule has 2 aliphatic rings. The summed E-state index contributed by atoms with van der Waals surface area (Å²) in [5.41, 5.74) is 2.81. The van der Waals surface area contributed by atoms with Crippen LogP contribution in [0.1, 0.15) is 62.6 Å². The highest BCUT2D eigenvalue weighted by Gasteiger charge is 2.30. The highest BCUT2D eigenvalue weighted by atomic mass is 16.3. The molecule has 0 amide bonds. The van der Waals surface area contributed by atoms with Crippen molar-refractivity contribution in [1.29, 1.82) is 0 Å². The van der Waals surface area contributed by atoms with Crippen LogP contribution in [0.15, 0.2) is 18.2 Å². The van der Waals surface area contributed by atoms with E-state index in [1.807, 2.05) is 12.1 Å². The van der Waals surface area contributed by atoms with E-state index in [0.717, 1.165) is 12.0 Å². The third-order valence-corrected chi connectivity index (χ3v) is 5.47. The number of hydrogen-bond donors (Lipinski definition) is 1. The van der Waals surface area contributed by atoms with Crippen LogP contribution in [-0.2, 0) is 6.42 Å². The van der Waals surface area contributed by atoms with Gasteiger partial charge in [0.05, 0.1) is 0 Å². The molecular formula is C18H27NO. The molecule has 1 aromatic carbocycles. The topological polar surface area (TPSA) is 23.5 Å². The van der Waals surface area contributed by atoms with Crippen molar-refractivity contribution in [2.75, 3.05) is 7.05 Å². The summed E-state index contributed by atoms with van der Waals surface area (Å²) in [5.74, 6) is 1.32. The van der Waals surface area contributed by atoms with Crippen LogP contribution in [0.25, 0.3) is 0 Å². The summed E-state index contributed by atoms with van der Waals surface area (Å²) in [4.78, 5) is 2.60. The number of nitrogens with zero attached hydrogens (tertiary/aromatic N) is 1. The molecule has 0 aliphatic heterocycles. The summed E-state index contributed by atoms with van der Waals surface area (Å²) >= 11 is 0. The van der Waals surface area contributed by atoms with Gasteiger partial charge in [-0.1, -0.05) is 13.0 Å². The zero-order chi connectivity index (χ0) is 14.1. The van der Waals surface area contributed by atoms with Crippen molar-refractivity contribution in [3.63, 3.8) is 0 Å². The van der Waals surface area contributed by atoms with Gasteiger partial charge in [-0.3, -0.25) is 4.90 Å². The summed E-state index contributed by atoms with van der Waals surface area (Å²) in [5, 5.41) is 9.81. The predicted molar refractivity (Wildman–Crippen MR) is 83.0 cm³/mol. The van der Waals surface area contributed by atoms with Gasteiger partial charge >= 0.3 is 0 Å². The summed E-state index contributed by atoms with van der Waals surface area (Å²) < 4.78 is 0. The first kappa shape index (κ1) is 13.9. The first-order valence-corrected chi connectivity index (χ1v) is 8.19. The molecule has 0 radical (unpaired) electrons. The fraction of sp³-hybridized carbons (Fsp3) is 0.667. The molecule has 1 N–H and O–H groups in total. The Morgan fingerprint density at radius 2 is 1.85 bits per heavy atom. The number of phenolic OH excluding ortho intramolecular Hbond substituents is 1. The van der Waals surface area contributed by atoms with E-state index in [4.69, 9.17) is 0 Å².